The normalized spacial score (nSPS) is 10.5. The lowest BCUT2D eigenvalue weighted by atomic mass is 10.1. The molecular weight excluding hydrogens is 374 g/mol. The predicted molar refractivity (Wildman–Crippen MR) is 109 cm³/mol. The lowest BCUT2D eigenvalue weighted by molar-refractivity contribution is -0.384. The Morgan fingerprint density at radius 1 is 1.03 bits per heavy atom. The van der Waals surface area contributed by atoms with Crippen LogP contribution >= 0.6 is 0 Å². The molecule has 0 fully saturated rings. The van der Waals surface area contributed by atoms with Crippen molar-refractivity contribution in [1.82, 2.24) is 5.32 Å². The minimum Gasteiger partial charge on any atom is -0.465 e. The van der Waals surface area contributed by atoms with E-state index in [0.717, 1.165) is 22.8 Å². The number of hydrogen-bond acceptors (Lipinski definition) is 7. The summed E-state index contributed by atoms with van der Waals surface area (Å²) in [4.78, 5) is 21.7. The van der Waals surface area contributed by atoms with Crippen LogP contribution in [-0.2, 0) is 11.3 Å². The standard InChI is InChI=1S/C21H21N3O5/c1-28-21(25)16-4-2-15(3-5-16)20-11-10-19(29-20)14-22-12-13-23-17-6-8-18(9-7-17)24(26)27/h2-11,22-23H,12-14H2,1H3. The van der Waals surface area contributed by atoms with E-state index in [1.54, 1.807) is 24.3 Å². The third kappa shape index (κ3) is 5.43. The summed E-state index contributed by atoms with van der Waals surface area (Å²) in [6.07, 6.45) is 0. The summed E-state index contributed by atoms with van der Waals surface area (Å²) in [5.41, 5.74) is 2.27. The van der Waals surface area contributed by atoms with Crippen molar-refractivity contribution in [3.05, 3.63) is 82.1 Å². The molecule has 3 aromatic rings. The van der Waals surface area contributed by atoms with Crippen LogP contribution in [0.3, 0.4) is 0 Å². The molecule has 0 unspecified atom stereocenters. The van der Waals surface area contributed by atoms with Crippen molar-refractivity contribution in [2.75, 3.05) is 25.5 Å². The Labute approximate surface area is 167 Å². The van der Waals surface area contributed by atoms with Crippen LogP contribution in [0.4, 0.5) is 11.4 Å². The van der Waals surface area contributed by atoms with Gasteiger partial charge in [0.15, 0.2) is 0 Å². The average Bonchev–Trinajstić information content (AvgIpc) is 3.22. The van der Waals surface area contributed by atoms with Crippen molar-refractivity contribution in [1.29, 1.82) is 0 Å². The Hall–Kier alpha value is -3.65. The highest BCUT2D eigenvalue weighted by Gasteiger charge is 2.08. The van der Waals surface area contributed by atoms with Crippen molar-refractivity contribution in [2.45, 2.75) is 6.54 Å². The highest BCUT2D eigenvalue weighted by molar-refractivity contribution is 5.89. The Morgan fingerprint density at radius 3 is 2.41 bits per heavy atom. The molecule has 8 nitrogen and oxygen atoms in total. The number of furan rings is 1. The maximum Gasteiger partial charge on any atom is 0.337 e. The van der Waals surface area contributed by atoms with Gasteiger partial charge in [0.25, 0.3) is 5.69 Å². The Balaban J connectivity index is 1.43. The SMILES string of the molecule is COC(=O)c1ccc(-c2ccc(CNCCNc3ccc([N+](=O)[O-])cc3)o2)cc1. The highest BCUT2D eigenvalue weighted by Crippen LogP contribution is 2.23. The Morgan fingerprint density at radius 2 is 1.76 bits per heavy atom. The molecule has 0 radical (unpaired) electrons. The smallest absolute Gasteiger partial charge is 0.337 e. The summed E-state index contributed by atoms with van der Waals surface area (Å²) in [6, 6.07) is 17.1. The molecule has 150 valence electrons. The number of esters is 1. The molecule has 0 amide bonds. The number of rotatable bonds is 9. The third-order valence-electron chi connectivity index (χ3n) is 4.26. The molecule has 0 atom stereocenters. The van der Waals surface area contributed by atoms with Gasteiger partial charge in [0.1, 0.15) is 11.5 Å². The Bertz CT molecular complexity index is 965. The van der Waals surface area contributed by atoms with Gasteiger partial charge >= 0.3 is 5.97 Å². The number of carbonyl (C=O) groups excluding carboxylic acids is 1. The lowest BCUT2D eigenvalue weighted by Crippen LogP contribution is -2.21. The van der Waals surface area contributed by atoms with Crippen LogP contribution in [0.2, 0.25) is 0 Å². The molecule has 0 spiro atoms. The molecule has 0 saturated heterocycles. The van der Waals surface area contributed by atoms with Crippen molar-refractivity contribution in [3.63, 3.8) is 0 Å². The quantitative estimate of drug-likeness (QED) is 0.245. The van der Waals surface area contributed by atoms with Gasteiger partial charge in [-0.05, 0) is 36.4 Å². The van der Waals surface area contributed by atoms with Crippen LogP contribution in [0, 0.1) is 10.1 Å². The van der Waals surface area contributed by atoms with Gasteiger partial charge < -0.3 is 19.8 Å². The molecule has 2 N–H and O–H groups in total. The van der Waals surface area contributed by atoms with Gasteiger partial charge in [0.05, 0.1) is 24.1 Å². The van der Waals surface area contributed by atoms with E-state index in [9.17, 15) is 14.9 Å². The number of carbonyl (C=O) groups is 1. The molecule has 0 saturated carbocycles. The molecule has 0 aliphatic heterocycles. The number of anilines is 1. The van der Waals surface area contributed by atoms with Gasteiger partial charge in [-0.1, -0.05) is 12.1 Å². The molecule has 1 heterocycles. The number of benzene rings is 2. The molecular formula is C21H21N3O5. The van der Waals surface area contributed by atoms with E-state index in [4.69, 9.17) is 9.15 Å². The lowest BCUT2D eigenvalue weighted by Gasteiger charge is -2.07. The topological polar surface area (TPSA) is 107 Å². The summed E-state index contributed by atoms with van der Waals surface area (Å²) in [5.74, 6) is 1.15. The van der Waals surface area contributed by atoms with Gasteiger partial charge in [-0.15, -0.1) is 0 Å². The molecule has 0 aliphatic carbocycles. The summed E-state index contributed by atoms with van der Waals surface area (Å²) < 4.78 is 10.5. The zero-order valence-electron chi connectivity index (χ0n) is 15.9. The monoisotopic (exact) mass is 395 g/mol. The maximum absolute atomic E-state index is 11.5. The third-order valence-corrected chi connectivity index (χ3v) is 4.26. The molecule has 0 bridgehead atoms. The van der Waals surface area contributed by atoms with Crippen molar-refractivity contribution >= 4 is 17.3 Å². The minimum atomic E-state index is -0.420. The summed E-state index contributed by atoms with van der Waals surface area (Å²) in [5, 5.41) is 17.1. The van der Waals surface area contributed by atoms with Gasteiger partial charge in [-0.2, -0.15) is 0 Å². The average molecular weight is 395 g/mol. The number of non-ortho nitro benzene ring substituents is 1. The second-order valence-corrected chi connectivity index (χ2v) is 6.24. The number of nitro benzene ring substituents is 1. The van der Waals surface area contributed by atoms with Crippen LogP contribution in [-0.4, -0.2) is 31.1 Å². The van der Waals surface area contributed by atoms with Crippen LogP contribution in [0.15, 0.2) is 65.1 Å². The predicted octanol–water partition coefficient (Wildman–Crippen LogP) is 3.84. The molecule has 29 heavy (non-hydrogen) atoms. The van der Waals surface area contributed by atoms with E-state index < -0.39 is 4.92 Å². The fraction of sp³-hybridized carbons (Fsp3) is 0.190. The number of nitrogens with zero attached hydrogens (tertiary/aromatic N) is 1. The molecule has 8 heteroatoms. The van der Waals surface area contributed by atoms with Crippen molar-refractivity contribution < 1.29 is 18.9 Å². The van der Waals surface area contributed by atoms with Crippen LogP contribution < -0.4 is 10.6 Å². The first-order valence-electron chi connectivity index (χ1n) is 9.03. The first-order valence-corrected chi connectivity index (χ1v) is 9.03. The number of nitrogens with one attached hydrogen (secondary N) is 2. The van der Waals surface area contributed by atoms with E-state index in [1.165, 1.54) is 19.2 Å². The number of ether oxygens (including phenoxy) is 1. The maximum atomic E-state index is 11.5. The molecule has 3 rings (SSSR count). The van der Waals surface area contributed by atoms with Gasteiger partial charge in [-0.25, -0.2) is 4.79 Å². The van der Waals surface area contributed by atoms with Crippen LogP contribution in [0.1, 0.15) is 16.1 Å². The zero-order valence-corrected chi connectivity index (χ0v) is 15.9. The molecule has 1 aromatic heterocycles. The minimum absolute atomic E-state index is 0.0715. The number of hydrogen-bond donors (Lipinski definition) is 2. The van der Waals surface area contributed by atoms with E-state index in [-0.39, 0.29) is 11.7 Å². The first-order chi connectivity index (χ1) is 14.1. The molecule has 0 aliphatic rings. The first kappa shape index (κ1) is 20.1. The van der Waals surface area contributed by atoms with Crippen LogP contribution in [0.5, 0.6) is 0 Å². The zero-order chi connectivity index (χ0) is 20.6. The number of nitro groups is 1. The fourth-order valence-corrected chi connectivity index (χ4v) is 2.72. The Kier molecular flexibility index (Phi) is 6.59. The largest absolute Gasteiger partial charge is 0.465 e. The van der Waals surface area contributed by atoms with Gasteiger partial charge in [0, 0.05) is 36.5 Å². The van der Waals surface area contributed by atoms with Crippen LogP contribution in [0.25, 0.3) is 11.3 Å². The second kappa shape index (κ2) is 9.52. The van der Waals surface area contributed by atoms with Gasteiger partial charge in [0.2, 0.25) is 0 Å². The summed E-state index contributed by atoms with van der Waals surface area (Å²) in [7, 11) is 1.35. The van der Waals surface area contributed by atoms with Gasteiger partial charge in [-0.3, -0.25) is 10.1 Å². The summed E-state index contributed by atoms with van der Waals surface area (Å²) >= 11 is 0. The fourth-order valence-electron chi connectivity index (χ4n) is 2.72. The number of methoxy groups -OCH3 is 1. The molecule has 2 aromatic carbocycles. The van der Waals surface area contributed by atoms with Crippen molar-refractivity contribution in [3.8, 4) is 11.3 Å². The van der Waals surface area contributed by atoms with E-state index in [1.807, 2.05) is 24.3 Å². The van der Waals surface area contributed by atoms with E-state index >= 15 is 0 Å². The van der Waals surface area contributed by atoms with E-state index in [0.29, 0.717) is 25.2 Å². The second-order valence-electron chi connectivity index (χ2n) is 6.24. The summed E-state index contributed by atoms with van der Waals surface area (Å²) in [6.45, 7) is 1.93. The highest BCUT2D eigenvalue weighted by atomic mass is 16.6. The van der Waals surface area contributed by atoms with Crippen molar-refractivity contribution in [2.24, 2.45) is 0 Å². The van der Waals surface area contributed by atoms with E-state index in [2.05, 4.69) is 10.6 Å².